The number of halogens is 1. The molecule has 0 atom stereocenters. The van der Waals surface area contributed by atoms with Crippen LogP contribution in [0.15, 0.2) is 18.2 Å². The van der Waals surface area contributed by atoms with Gasteiger partial charge in [-0.3, -0.25) is 4.79 Å². The maximum Gasteiger partial charge on any atom is 0.188 e. The van der Waals surface area contributed by atoms with Gasteiger partial charge in [0.2, 0.25) is 0 Å². The molecule has 12 heavy (non-hydrogen) atoms. The lowest BCUT2D eigenvalue weighted by Gasteiger charge is -2.00. The zero-order valence-corrected chi connectivity index (χ0v) is 7.43. The summed E-state index contributed by atoms with van der Waals surface area (Å²) in [4.78, 5) is 11.0. The second-order valence-corrected chi connectivity index (χ2v) is 2.95. The Morgan fingerprint density at radius 1 is 1.58 bits per heavy atom. The predicted octanol–water partition coefficient (Wildman–Crippen LogP) is 1.82. The number of aliphatic hydroxyl groups excluding tert-OH is 1. The van der Waals surface area contributed by atoms with Gasteiger partial charge in [0.05, 0.1) is 0 Å². The summed E-state index contributed by atoms with van der Waals surface area (Å²) < 4.78 is 0. The standard InChI is InChI=1S/C9H9ClO2/c1-6-2-3-7(4-8(6)10)9(12)5-11/h2-4,11H,5H2,1H3. The second-order valence-electron chi connectivity index (χ2n) is 2.55. The van der Waals surface area contributed by atoms with Crippen molar-refractivity contribution in [3.05, 3.63) is 34.3 Å². The number of hydrogen-bond acceptors (Lipinski definition) is 2. The van der Waals surface area contributed by atoms with Gasteiger partial charge in [-0.15, -0.1) is 0 Å². The van der Waals surface area contributed by atoms with Crippen LogP contribution in [0, 0.1) is 6.92 Å². The second kappa shape index (κ2) is 3.70. The van der Waals surface area contributed by atoms with Gasteiger partial charge in [0.1, 0.15) is 6.61 Å². The third kappa shape index (κ3) is 1.84. The van der Waals surface area contributed by atoms with Crippen LogP contribution < -0.4 is 0 Å². The molecule has 0 aliphatic rings. The molecule has 0 spiro atoms. The minimum Gasteiger partial charge on any atom is -0.388 e. The number of Topliss-reactive ketones (excluding diaryl/α,β-unsaturated/α-hetero) is 1. The summed E-state index contributed by atoms with van der Waals surface area (Å²) in [5.74, 6) is -0.308. The molecule has 3 heteroatoms. The fourth-order valence-electron chi connectivity index (χ4n) is 0.858. The van der Waals surface area contributed by atoms with E-state index >= 15 is 0 Å². The Morgan fingerprint density at radius 3 is 2.75 bits per heavy atom. The molecule has 0 radical (unpaired) electrons. The van der Waals surface area contributed by atoms with E-state index in [9.17, 15) is 4.79 Å². The minimum absolute atomic E-state index is 0.308. The summed E-state index contributed by atoms with van der Waals surface area (Å²) in [6.45, 7) is 1.38. The van der Waals surface area contributed by atoms with Gasteiger partial charge >= 0.3 is 0 Å². The lowest BCUT2D eigenvalue weighted by atomic mass is 10.1. The molecule has 0 unspecified atom stereocenters. The Hall–Kier alpha value is -0.860. The van der Waals surface area contributed by atoms with E-state index in [1.807, 2.05) is 6.92 Å². The highest BCUT2D eigenvalue weighted by atomic mass is 35.5. The largest absolute Gasteiger partial charge is 0.388 e. The highest BCUT2D eigenvalue weighted by Gasteiger charge is 2.04. The number of aryl methyl sites for hydroxylation is 1. The van der Waals surface area contributed by atoms with E-state index in [0.717, 1.165) is 5.56 Å². The third-order valence-corrected chi connectivity index (χ3v) is 2.04. The van der Waals surface area contributed by atoms with Gasteiger partial charge in [0, 0.05) is 10.6 Å². The third-order valence-electron chi connectivity index (χ3n) is 1.64. The summed E-state index contributed by atoms with van der Waals surface area (Å²) in [5, 5.41) is 9.11. The smallest absolute Gasteiger partial charge is 0.188 e. The molecule has 0 bridgehead atoms. The Balaban J connectivity index is 3.05. The molecule has 1 rings (SSSR count). The first-order valence-electron chi connectivity index (χ1n) is 3.55. The van der Waals surface area contributed by atoms with Crippen LogP contribution in [0.5, 0.6) is 0 Å². The topological polar surface area (TPSA) is 37.3 Å². The van der Waals surface area contributed by atoms with E-state index in [2.05, 4.69) is 0 Å². The zero-order chi connectivity index (χ0) is 9.14. The number of ketones is 1. The average Bonchev–Trinajstić information content (AvgIpc) is 2.08. The van der Waals surface area contributed by atoms with Crippen molar-refractivity contribution >= 4 is 17.4 Å². The van der Waals surface area contributed by atoms with Gasteiger partial charge in [0.15, 0.2) is 5.78 Å². The first-order valence-corrected chi connectivity index (χ1v) is 3.93. The molecule has 0 heterocycles. The normalized spacial score (nSPS) is 9.92. The van der Waals surface area contributed by atoms with Crippen molar-refractivity contribution in [1.82, 2.24) is 0 Å². The van der Waals surface area contributed by atoms with Crippen molar-refractivity contribution in [2.24, 2.45) is 0 Å². The molecule has 64 valence electrons. The fraction of sp³-hybridized carbons (Fsp3) is 0.222. The van der Waals surface area contributed by atoms with Gasteiger partial charge in [0.25, 0.3) is 0 Å². The summed E-state index contributed by atoms with van der Waals surface area (Å²) in [6, 6.07) is 4.97. The average molecular weight is 185 g/mol. The van der Waals surface area contributed by atoms with Crippen molar-refractivity contribution in [3.63, 3.8) is 0 Å². The number of hydrogen-bond donors (Lipinski definition) is 1. The van der Waals surface area contributed by atoms with E-state index in [0.29, 0.717) is 10.6 Å². The maximum absolute atomic E-state index is 11.0. The molecule has 0 aliphatic heterocycles. The van der Waals surface area contributed by atoms with Gasteiger partial charge in [-0.2, -0.15) is 0 Å². The number of carbonyl (C=O) groups excluding carboxylic acids is 1. The molecule has 2 nitrogen and oxygen atoms in total. The van der Waals surface area contributed by atoms with Gasteiger partial charge < -0.3 is 5.11 Å². The van der Waals surface area contributed by atoms with E-state index < -0.39 is 6.61 Å². The zero-order valence-electron chi connectivity index (χ0n) is 6.67. The number of carbonyl (C=O) groups is 1. The molecule has 1 aromatic carbocycles. The summed E-state index contributed by atoms with van der Waals surface area (Å²) in [7, 11) is 0. The van der Waals surface area contributed by atoms with Crippen LogP contribution in [0.4, 0.5) is 0 Å². The molecule has 0 saturated heterocycles. The van der Waals surface area contributed by atoms with Gasteiger partial charge in [-0.25, -0.2) is 0 Å². The van der Waals surface area contributed by atoms with Crippen molar-refractivity contribution in [2.45, 2.75) is 6.92 Å². The highest BCUT2D eigenvalue weighted by molar-refractivity contribution is 6.31. The Labute approximate surface area is 75.8 Å². The Bertz CT molecular complexity index is 307. The van der Waals surface area contributed by atoms with E-state index in [-0.39, 0.29) is 5.78 Å². The summed E-state index contributed by atoms with van der Waals surface area (Å²) in [5.41, 5.74) is 1.37. The van der Waals surface area contributed by atoms with Crippen LogP contribution in [0.3, 0.4) is 0 Å². The SMILES string of the molecule is Cc1ccc(C(=O)CO)cc1Cl. The van der Waals surface area contributed by atoms with Crippen LogP contribution in [0.25, 0.3) is 0 Å². The molecule has 0 amide bonds. The van der Waals surface area contributed by atoms with Crippen LogP contribution >= 0.6 is 11.6 Å². The quantitative estimate of drug-likeness (QED) is 0.712. The Kier molecular flexibility index (Phi) is 2.84. The van der Waals surface area contributed by atoms with Crippen LogP contribution in [-0.4, -0.2) is 17.5 Å². The first kappa shape index (κ1) is 9.23. The summed E-state index contributed by atoms with van der Waals surface area (Å²) in [6.07, 6.45) is 0. The monoisotopic (exact) mass is 184 g/mol. The van der Waals surface area contributed by atoms with Crippen molar-refractivity contribution in [2.75, 3.05) is 6.61 Å². The number of benzene rings is 1. The van der Waals surface area contributed by atoms with E-state index in [4.69, 9.17) is 16.7 Å². The molecular formula is C9H9ClO2. The molecular weight excluding hydrogens is 176 g/mol. The summed E-state index contributed by atoms with van der Waals surface area (Å²) >= 11 is 5.78. The van der Waals surface area contributed by atoms with Crippen molar-refractivity contribution < 1.29 is 9.90 Å². The van der Waals surface area contributed by atoms with Crippen molar-refractivity contribution in [1.29, 1.82) is 0 Å². The fourth-order valence-corrected chi connectivity index (χ4v) is 1.04. The van der Waals surface area contributed by atoms with E-state index in [1.165, 1.54) is 0 Å². The lowest BCUT2D eigenvalue weighted by molar-refractivity contribution is 0.0904. The first-order chi connectivity index (χ1) is 5.65. The van der Waals surface area contributed by atoms with Crippen LogP contribution in [-0.2, 0) is 0 Å². The Morgan fingerprint density at radius 2 is 2.25 bits per heavy atom. The maximum atomic E-state index is 11.0. The molecule has 1 aromatic rings. The van der Waals surface area contributed by atoms with Crippen molar-refractivity contribution in [3.8, 4) is 0 Å². The molecule has 0 aromatic heterocycles. The van der Waals surface area contributed by atoms with Crippen LogP contribution in [0.1, 0.15) is 15.9 Å². The number of aliphatic hydroxyl groups is 1. The molecule has 0 saturated carbocycles. The predicted molar refractivity (Wildman–Crippen MR) is 47.6 cm³/mol. The van der Waals surface area contributed by atoms with Gasteiger partial charge in [-0.05, 0) is 18.6 Å². The van der Waals surface area contributed by atoms with Gasteiger partial charge in [-0.1, -0.05) is 23.7 Å². The lowest BCUT2D eigenvalue weighted by Crippen LogP contribution is -2.03. The molecule has 1 N–H and O–H groups in total. The highest BCUT2D eigenvalue weighted by Crippen LogP contribution is 2.16. The molecule has 0 aliphatic carbocycles. The van der Waals surface area contributed by atoms with Crippen LogP contribution in [0.2, 0.25) is 5.02 Å². The van der Waals surface area contributed by atoms with E-state index in [1.54, 1.807) is 18.2 Å². The minimum atomic E-state index is -0.473. The molecule has 0 fully saturated rings. The number of rotatable bonds is 2.